The minimum absolute atomic E-state index is 0.0115. The van der Waals surface area contributed by atoms with Crippen molar-refractivity contribution >= 4 is 29.0 Å². The molecule has 2 aromatic carbocycles. The SMILES string of the molecule is COc1cc(OC)c2c(c1Cl)O[C@@]1(C(=O)C3=C(C[C@H]1C)Nc1c(c(=O)n(C)c(=O)n1C)[C@H]3c1ccc(OC)c(OC)c1OC)C2=O. The molecule has 3 aromatic rings. The number of benzene rings is 2. The molecule has 242 valence electrons. The van der Waals surface area contributed by atoms with Crippen LogP contribution in [-0.2, 0) is 18.9 Å². The minimum atomic E-state index is -2.06. The molecule has 0 amide bonds. The number of aromatic nitrogens is 2. The van der Waals surface area contributed by atoms with E-state index in [0.717, 1.165) is 4.57 Å². The van der Waals surface area contributed by atoms with Crippen molar-refractivity contribution in [2.24, 2.45) is 20.0 Å². The number of halogens is 1. The van der Waals surface area contributed by atoms with Gasteiger partial charge in [0.1, 0.15) is 27.9 Å². The number of rotatable bonds is 6. The van der Waals surface area contributed by atoms with E-state index in [-0.39, 0.29) is 62.7 Å². The summed E-state index contributed by atoms with van der Waals surface area (Å²) in [6.45, 7) is 1.72. The molecule has 0 unspecified atom stereocenters. The number of methoxy groups -OCH3 is 5. The summed E-state index contributed by atoms with van der Waals surface area (Å²) in [6, 6.07) is 4.74. The van der Waals surface area contributed by atoms with E-state index in [2.05, 4.69) is 5.32 Å². The van der Waals surface area contributed by atoms with Crippen LogP contribution in [0.15, 0.2) is 39.1 Å². The van der Waals surface area contributed by atoms with Gasteiger partial charge in [0.25, 0.3) is 5.56 Å². The van der Waals surface area contributed by atoms with E-state index < -0.39 is 40.3 Å². The monoisotopic (exact) mass is 653 g/mol. The second-order valence-electron chi connectivity index (χ2n) is 11.2. The third-order valence-corrected chi connectivity index (χ3v) is 9.48. The first kappa shape index (κ1) is 31.1. The van der Waals surface area contributed by atoms with Gasteiger partial charge in [-0.15, -0.1) is 0 Å². The van der Waals surface area contributed by atoms with E-state index in [1.54, 1.807) is 19.1 Å². The van der Waals surface area contributed by atoms with E-state index in [1.165, 1.54) is 60.3 Å². The Morgan fingerprint density at radius 1 is 0.870 bits per heavy atom. The molecule has 2 aliphatic heterocycles. The Balaban J connectivity index is 1.67. The maximum absolute atomic E-state index is 15.1. The highest BCUT2D eigenvalue weighted by atomic mass is 35.5. The molecule has 1 aromatic heterocycles. The number of allylic oxidation sites excluding steroid dienone is 1. The summed E-state index contributed by atoms with van der Waals surface area (Å²) in [5, 5.41) is 3.21. The molecule has 46 heavy (non-hydrogen) atoms. The summed E-state index contributed by atoms with van der Waals surface area (Å²) in [7, 11) is 10.00. The van der Waals surface area contributed by atoms with E-state index in [1.807, 2.05) is 0 Å². The van der Waals surface area contributed by atoms with Crippen LogP contribution in [0.2, 0.25) is 5.02 Å². The molecule has 0 fully saturated rings. The van der Waals surface area contributed by atoms with Crippen molar-refractivity contribution in [3.63, 3.8) is 0 Å². The molecule has 3 heterocycles. The van der Waals surface area contributed by atoms with Gasteiger partial charge < -0.3 is 33.7 Å². The Morgan fingerprint density at radius 3 is 2.13 bits per heavy atom. The zero-order valence-corrected chi connectivity index (χ0v) is 27.2. The Morgan fingerprint density at radius 2 is 1.52 bits per heavy atom. The summed E-state index contributed by atoms with van der Waals surface area (Å²) in [4.78, 5) is 56.6. The number of Topliss-reactive ketones (excluding diaryl/α,β-unsaturated/α-hetero) is 2. The molecular formula is C32H32ClN3O10. The molecule has 3 aliphatic rings. The number of carbonyl (C=O) groups is 2. The second kappa shape index (κ2) is 10.9. The molecule has 1 aliphatic carbocycles. The van der Waals surface area contributed by atoms with E-state index >= 15 is 4.79 Å². The lowest BCUT2D eigenvalue weighted by Crippen LogP contribution is -2.58. The summed E-state index contributed by atoms with van der Waals surface area (Å²) in [5.74, 6) is -1.90. The largest absolute Gasteiger partial charge is 0.496 e. The molecular weight excluding hydrogens is 622 g/mol. The van der Waals surface area contributed by atoms with Crippen molar-refractivity contribution in [2.75, 3.05) is 40.9 Å². The smallest absolute Gasteiger partial charge is 0.332 e. The van der Waals surface area contributed by atoms with Gasteiger partial charge in [0.15, 0.2) is 17.2 Å². The molecule has 3 atom stereocenters. The lowest BCUT2D eigenvalue weighted by atomic mass is 9.65. The van der Waals surface area contributed by atoms with Crippen LogP contribution in [0.25, 0.3) is 0 Å². The number of hydrogen-bond donors (Lipinski definition) is 1. The molecule has 6 rings (SSSR count). The van der Waals surface area contributed by atoms with Crippen LogP contribution >= 0.6 is 11.6 Å². The molecule has 0 radical (unpaired) electrons. The third-order valence-electron chi connectivity index (χ3n) is 9.12. The Hall–Kier alpha value is -4.91. The fourth-order valence-corrected chi connectivity index (χ4v) is 7.12. The maximum atomic E-state index is 15.1. The van der Waals surface area contributed by atoms with Crippen molar-refractivity contribution < 1.29 is 38.0 Å². The Bertz CT molecular complexity index is 2010. The van der Waals surface area contributed by atoms with Crippen LogP contribution in [-0.4, -0.2) is 61.9 Å². The molecule has 13 nitrogen and oxygen atoms in total. The highest BCUT2D eigenvalue weighted by Crippen LogP contribution is 2.57. The van der Waals surface area contributed by atoms with Crippen LogP contribution in [0.5, 0.6) is 34.5 Å². The lowest BCUT2D eigenvalue weighted by molar-refractivity contribution is -0.130. The maximum Gasteiger partial charge on any atom is 0.332 e. The van der Waals surface area contributed by atoms with Crippen LogP contribution in [0.4, 0.5) is 5.82 Å². The standard InChI is InChI=1S/C32H32ClN3O10/c1-13-11-15-20(27(37)32(13)28(38)21-17(42-5)12-18(43-6)23(33)26(21)46-32)19(14-9-10-16(41-4)25(45-8)24(14)44-7)22-29(34-15)35(2)31(40)36(3)30(22)39/h9-10,12-13,19,34H,11H2,1-8H3/t13-,19+,32+/m1/s1. The van der Waals surface area contributed by atoms with Gasteiger partial charge in [-0.2, -0.15) is 0 Å². The minimum Gasteiger partial charge on any atom is -0.496 e. The van der Waals surface area contributed by atoms with Gasteiger partial charge in [-0.1, -0.05) is 24.6 Å². The number of anilines is 1. The number of ether oxygens (including phenoxy) is 6. The van der Waals surface area contributed by atoms with Crippen molar-refractivity contribution in [1.29, 1.82) is 0 Å². The zero-order valence-electron chi connectivity index (χ0n) is 26.4. The average Bonchev–Trinajstić information content (AvgIpc) is 3.38. The van der Waals surface area contributed by atoms with Gasteiger partial charge >= 0.3 is 5.69 Å². The summed E-state index contributed by atoms with van der Waals surface area (Å²) in [6.07, 6.45) is 0.132. The van der Waals surface area contributed by atoms with Crippen molar-refractivity contribution in [1.82, 2.24) is 9.13 Å². The van der Waals surface area contributed by atoms with Gasteiger partial charge in [-0.25, -0.2) is 4.79 Å². The van der Waals surface area contributed by atoms with Crippen molar-refractivity contribution in [2.45, 2.75) is 24.9 Å². The number of hydrogen-bond acceptors (Lipinski definition) is 11. The van der Waals surface area contributed by atoms with Gasteiger partial charge in [0, 0.05) is 42.9 Å². The normalized spacial score (nSPS) is 21.2. The van der Waals surface area contributed by atoms with Gasteiger partial charge in [0.2, 0.25) is 22.9 Å². The average molecular weight is 654 g/mol. The number of carbonyl (C=O) groups excluding carboxylic acids is 2. The predicted octanol–water partition coefficient (Wildman–Crippen LogP) is 3.21. The predicted molar refractivity (Wildman–Crippen MR) is 167 cm³/mol. The lowest BCUT2D eigenvalue weighted by Gasteiger charge is -2.42. The first-order valence-corrected chi connectivity index (χ1v) is 14.6. The summed E-state index contributed by atoms with van der Waals surface area (Å²) in [5.41, 5.74) is -2.28. The number of nitrogens with zero attached hydrogens (tertiary/aromatic N) is 2. The van der Waals surface area contributed by atoms with Crippen LogP contribution in [0.3, 0.4) is 0 Å². The fourth-order valence-electron chi connectivity index (χ4n) is 6.85. The van der Waals surface area contributed by atoms with Gasteiger partial charge in [-0.05, 0) is 12.5 Å². The molecule has 0 bridgehead atoms. The highest BCUT2D eigenvalue weighted by Gasteiger charge is 2.64. The Kier molecular flexibility index (Phi) is 7.34. The summed E-state index contributed by atoms with van der Waals surface area (Å²) >= 11 is 6.64. The summed E-state index contributed by atoms with van der Waals surface area (Å²) < 4.78 is 36.5. The van der Waals surface area contributed by atoms with Gasteiger partial charge in [0.05, 0.1) is 47.0 Å². The molecule has 1 N–H and O–H groups in total. The zero-order chi connectivity index (χ0) is 33.4. The topological polar surface area (TPSA) is 146 Å². The van der Waals surface area contributed by atoms with E-state index in [4.69, 9.17) is 40.0 Å². The number of ketones is 2. The number of nitrogens with one attached hydrogen (secondary N) is 1. The fraction of sp³-hybridized carbons (Fsp3) is 0.375. The van der Waals surface area contributed by atoms with Crippen LogP contribution < -0.4 is 45.0 Å². The quantitative estimate of drug-likeness (QED) is 0.392. The molecule has 0 saturated heterocycles. The van der Waals surface area contributed by atoms with Crippen LogP contribution in [0.1, 0.15) is 40.7 Å². The molecule has 1 spiro atoms. The van der Waals surface area contributed by atoms with E-state index in [0.29, 0.717) is 17.0 Å². The van der Waals surface area contributed by atoms with Crippen molar-refractivity contribution in [3.05, 3.63) is 72.0 Å². The Labute approximate surface area is 268 Å². The molecule has 14 heteroatoms. The first-order valence-electron chi connectivity index (χ1n) is 14.2. The first-order chi connectivity index (χ1) is 21.9. The van der Waals surface area contributed by atoms with Crippen molar-refractivity contribution in [3.8, 4) is 34.5 Å². The van der Waals surface area contributed by atoms with Gasteiger partial charge in [-0.3, -0.25) is 23.5 Å². The van der Waals surface area contributed by atoms with Crippen LogP contribution in [0, 0.1) is 5.92 Å². The van der Waals surface area contributed by atoms with E-state index in [9.17, 15) is 14.4 Å². The second-order valence-corrected chi connectivity index (χ2v) is 11.6. The molecule has 0 saturated carbocycles. The third kappa shape index (κ3) is 3.87. The number of fused-ring (bicyclic) bond motifs is 2. The highest BCUT2D eigenvalue weighted by molar-refractivity contribution is 6.36.